The second kappa shape index (κ2) is 9.08. The minimum Gasteiger partial charge on any atom is -0.169 e. The molecular formula is C25H26F6Si2. The van der Waals surface area contributed by atoms with Crippen molar-refractivity contribution in [1.82, 2.24) is 0 Å². The van der Waals surface area contributed by atoms with E-state index in [1.54, 1.807) is 0 Å². The number of hydrogen-bond donors (Lipinski definition) is 0. The monoisotopic (exact) mass is 496 g/mol. The van der Waals surface area contributed by atoms with Crippen LogP contribution in [-0.4, -0.2) is 28.5 Å². The van der Waals surface area contributed by atoms with Gasteiger partial charge in [0.2, 0.25) is 5.41 Å². The first-order chi connectivity index (χ1) is 14.9. The Morgan fingerprint density at radius 2 is 0.909 bits per heavy atom. The van der Waals surface area contributed by atoms with Crippen LogP contribution in [0.15, 0.2) is 48.5 Å². The van der Waals surface area contributed by atoms with E-state index in [-0.39, 0.29) is 11.1 Å². The Labute approximate surface area is 193 Å². The molecule has 33 heavy (non-hydrogen) atoms. The molecule has 0 N–H and O–H groups in total. The molecule has 0 fully saturated rings. The van der Waals surface area contributed by atoms with E-state index in [2.05, 4.69) is 22.9 Å². The van der Waals surface area contributed by atoms with Crippen LogP contribution in [0.2, 0.25) is 39.3 Å². The van der Waals surface area contributed by atoms with Gasteiger partial charge in [0.15, 0.2) is 0 Å². The Bertz CT molecular complexity index is 1030. The minimum atomic E-state index is -5.65. The van der Waals surface area contributed by atoms with Crippen LogP contribution >= 0.6 is 0 Å². The molecule has 0 saturated carbocycles. The quantitative estimate of drug-likeness (QED) is 0.229. The van der Waals surface area contributed by atoms with E-state index in [9.17, 15) is 26.3 Å². The maximum Gasteiger partial charge on any atom is 0.411 e. The van der Waals surface area contributed by atoms with E-state index in [1.807, 2.05) is 39.3 Å². The molecule has 176 valence electrons. The molecule has 0 aromatic heterocycles. The van der Waals surface area contributed by atoms with E-state index in [1.165, 1.54) is 24.3 Å². The van der Waals surface area contributed by atoms with Gasteiger partial charge >= 0.3 is 12.4 Å². The molecular weight excluding hydrogens is 470 g/mol. The van der Waals surface area contributed by atoms with Crippen molar-refractivity contribution in [2.75, 3.05) is 0 Å². The second-order valence-corrected chi connectivity index (χ2v) is 19.4. The molecule has 0 spiro atoms. The van der Waals surface area contributed by atoms with Crippen molar-refractivity contribution < 1.29 is 26.3 Å². The highest BCUT2D eigenvalue weighted by molar-refractivity contribution is 6.84. The molecule has 2 aromatic carbocycles. The Hall–Kier alpha value is -2.43. The molecule has 0 unspecified atom stereocenters. The Kier molecular flexibility index (Phi) is 7.38. The van der Waals surface area contributed by atoms with E-state index in [4.69, 9.17) is 0 Å². The second-order valence-electron chi connectivity index (χ2n) is 9.91. The Morgan fingerprint density at radius 3 is 1.18 bits per heavy atom. The summed E-state index contributed by atoms with van der Waals surface area (Å²) in [5.41, 5.74) is 0.151. The lowest BCUT2D eigenvalue weighted by molar-refractivity contribution is -0.288. The van der Waals surface area contributed by atoms with Crippen LogP contribution in [0, 0.1) is 22.9 Å². The van der Waals surface area contributed by atoms with Crippen LogP contribution in [0.1, 0.15) is 22.3 Å². The summed E-state index contributed by atoms with van der Waals surface area (Å²) in [5.74, 6) is 5.52. The maximum absolute atomic E-state index is 14.5. The zero-order valence-corrected chi connectivity index (χ0v) is 21.4. The predicted molar refractivity (Wildman–Crippen MR) is 126 cm³/mol. The average molecular weight is 497 g/mol. The predicted octanol–water partition coefficient (Wildman–Crippen LogP) is 7.56. The molecule has 0 saturated heterocycles. The van der Waals surface area contributed by atoms with Crippen molar-refractivity contribution in [3.63, 3.8) is 0 Å². The Morgan fingerprint density at radius 1 is 0.576 bits per heavy atom. The molecule has 0 radical (unpaired) electrons. The van der Waals surface area contributed by atoms with Gasteiger partial charge in [0.1, 0.15) is 16.1 Å². The summed E-state index contributed by atoms with van der Waals surface area (Å²) in [6.07, 6.45) is -11.3. The SMILES string of the molecule is C[Si](C)(C)C#Cc1cccc(C(c2cccc(C#C[Si](C)(C)C)c2)(C(F)(F)F)C(F)(F)F)c1. The molecule has 0 aliphatic rings. The first-order valence-corrected chi connectivity index (χ1v) is 17.3. The molecule has 0 heterocycles. The summed E-state index contributed by atoms with van der Waals surface area (Å²) in [6.45, 7) is 11.6. The fraction of sp³-hybridized carbons (Fsp3) is 0.360. The zero-order valence-electron chi connectivity index (χ0n) is 19.4. The lowest BCUT2D eigenvalue weighted by atomic mass is 9.72. The molecule has 0 bridgehead atoms. The third-order valence-electron chi connectivity index (χ3n) is 4.61. The van der Waals surface area contributed by atoms with Gasteiger partial charge in [-0.05, 0) is 35.4 Å². The van der Waals surface area contributed by atoms with Gasteiger partial charge in [-0.2, -0.15) is 26.3 Å². The number of rotatable bonds is 2. The van der Waals surface area contributed by atoms with Crippen LogP contribution in [0.4, 0.5) is 26.3 Å². The summed E-state index contributed by atoms with van der Waals surface area (Å²) >= 11 is 0. The molecule has 0 amide bonds. The first kappa shape index (κ1) is 26.8. The van der Waals surface area contributed by atoms with E-state index in [0.29, 0.717) is 0 Å². The van der Waals surface area contributed by atoms with Gasteiger partial charge in [0.05, 0.1) is 0 Å². The average Bonchev–Trinajstić information content (AvgIpc) is 2.63. The van der Waals surface area contributed by atoms with Crippen LogP contribution in [0.3, 0.4) is 0 Å². The fourth-order valence-corrected chi connectivity index (χ4v) is 4.20. The summed E-state index contributed by atoms with van der Waals surface area (Å²) in [5, 5.41) is 0. The lowest BCUT2D eigenvalue weighted by Gasteiger charge is -2.38. The summed E-state index contributed by atoms with van der Waals surface area (Å²) in [6, 6.07) is 8.73. The lowest BCUT2D eigenvalue weighted by Crippen LogP contribution is -2.54. The van der Waals surface area contributed by atoms with E-state index >= 15 is 0 Å². The molecule has 8 heteroatoms. The summed E-state index contributed by atoms with van der Waals surface area (Å²) < 4.78 is 86.9. The molecule has 2 rings (SSSR count). The van der Waals surface area contributed by atoms with Gasteiger partial charge in [-0.15, -0.1) is 11.1 Å². The van der Waals surface area contributed by atoms with Crippen molar-refractivity contribution in [1.29, 1.82) is 0 Å². The van der Waals surface area contributed by atoms with Gasteiger partial charge in [0.25, 0.3) is 0 Å². The summed E-state index contributed by atoms with van der Waals surface area (Å²) in [4.78, 5) is 0. The molecule has 0 aliphatic heterocycles. The van der Waals surface area contributed by atoms with Crippen molar-refractivity contribution in [2.45, 2.75) is 57.0 Å². The van der Waals surface area contributed by atoms with Gasteiger partial charge in [0, 0.05) is 11.1 Å². The molecule has 0 nitrogen and oxygen atoms in total. The zero-order chi connectivity index (χ0) is 25.3. The van der Waals surface area contributed by atoms with Crippen molar-refractivity contribution >= 4 is 16.1 Å². The number of benzene rings is 2. The summed E-state index contributed by atoms with van der Waals surface area (Å²) in [7, 11) is -3.78. The highest BCUT2D eigenvalue weighted by atomic mass is 28.3. The van der Waals surface area contributed by atoms with Crippen LogP contribution in [0.5, 0.6) is 0 Å². The molecule has 2 aromatic rings. The number of hydrogen-bond acceptors (Lipinski definition) is 0. The van der Waals surface area contributed by atoms with E-state index < -0.39 is 45.0 Å². The number of alkyl halides is 6. The topological polar surface area (TPSA) is 0 Å². The first-order valence-electron chi connectivity index (χ1n) is 10.3. The van der Waals surface area contributed by atoms with E-state index in [0.717, 1.165) is 24.3 Å². The highest BCUT2D eigenvalue weighted by Gasteiger charge is 2.72. The van der Waals surface area contributed by atoms with Crippen molar-refractivity contribution in [2.24, 2.45) is 0 Å². The fourth-order valence-electron chi connectivity index (χ4n) is 3.16. The van der Waals surface area contributed by atoms with Gasteiger partial charge in [-0.1, -0.05) is 75.4 Å². The van der Waals surface area contributed by atoms with Gasteiger partial charge in [-0.3, -0.25) is 0 Å². The standard InChI is InChI=1S/C25H26F6Si2/c1-32(2,3)15-13-19-9-7-11-21(17-19)23(24(26,27)28,25(29,30)31)22-12-8-10-20(18-22)14-16-33(4,5)6/h7-12,17-18H,1-6H3. The minimum absolute atomic E-state index is 0.113. The third-order valence-corrected chi connectivity index (χ3v) is 6.36. The van der Waals surface area contributed by atoms with Crippen LogP contribution in [0.25, 0.3) is 0 Å². The maximum atomic E-state index is 14.5. The van der Waals surface area contributed by atoms with Crippen molar-refractivity contribution in [3.05, 3.63) is 70.8 Å². The third kappa shape index (κ3) is 6.34. The Balaban J connectivity index is 2.87. The molecule has 0 atom stereocenters. The smallest absolute Gasteiger partial charge is 0.169 e. The largest absolute Gasteiger partial charge is 0.411 e. The van der Waals surface area contributed by atoms with Gasteiger partial charge < -0.3 is 0 Å². The van der Waals surface area contributed by atoms with Gasteiger partial charge in [-0.25, -0.2) is 0 Å². The number of halogens is 6. The van der Waals surface area contributed by atoms with Crippen LogP contribution < -0.4 is 0 Å². The highest BCUT2D eigenvalue weighted by Crippen LogP contribution is 2.56. The normalized spacial score (nSPS) is 13.0. The van der Waals surface area contributed by atoms with Crippen LogP contribution in [-0.2, 0) is 5.41 Å². The molecule has 0 aliphatic carbocycles. The van der Waals surface area contributed by atoms with Crippen molar-refractivity contribution in [3.8, 4) is 22.9 Å².